The van der Waals surface area contributed by atoms with Crippen LogP contribution in [0.3, 0.4) is 0 Å². The van der Waals surface area contributed by atoms with Crippen molar-refractivity contribution in [2.24, 2.45) is 0 Å². The molecule has 1 amide bonds. The van der Waals surface area contributed by atoms with Crippen molar-refractivity contribution >= 4 is 17.7 Å². The maximum absolute atomic E-state index is 12.9. The fraction of sp³-hybridized carbons (Fsp3) is 0.143. The molecule has 0 N–H and O–H groups in total. The van der Waals surface area contributed by atoms with Crippen molar-refractivity contribution in [2.75, 3.05) is 0 Å². The molecule has 0 radical (unpaired) electrons. The fourth-order valence-electron chi connectivity index (χ4n) is 3.31. The second kappa shape index (κ2) is 7.59. The zero-order valence-corrected chi connectivity index (χ0v) is 15.5. The number of nitro groups is 1. The molecule has 0 bridgehead atoms. The van der Waals surface area contributed by atoms with Crippen molar-refractivity contribution in [3.8, 4) is 11.3 Å². The van der Waals surface area contributed by atoms with Gasteiger partial charge in [-0.05, 0) is 41.5 Å². The van der Waals surface area contributed by atoms with Gasteiger partial charge in [-0.1, -0.05) is 6.58 Å². The van der Waals surface area contributed by atoms with Crippen LogP contribution in [0.5, 0.6) is 0 Å². The lowest BCUT2D eigenvalue weighted by atomic mass is 10.1. The lowest BCUT2D eigenvalue weighted by Gasteiger charge is -2.15. The van der Waals surface area contributed by atoms with Gasteiger partial charge in [-0.25, -0.2) is 4.98 Å². The molecule has 0 aromatic carbocycles. The van der Waals surface area contributed by atoms with Crippen LogP contribution in [0.4, 0.5) is 5.69 Å². The maximum Gasteiger partial charge on any atom is 0.291 e. The summed E-state index contributed by atoms with van der Waals surface area (Å²) in [6.07, 6.45) is 6.50. The molecular weight excluding hydrogens is 370 g/mol. The second-order valence-corrected chi connectivity index (χ2v) is 6.67. The van der Waals surface area contributed by atoms with Crippen LogP contribution in [0.2, 0.25) is 0 Å². The van der Waals surface area contributed by atoms with Crippen molar-refractivity contribution in [3.05, 3.63) is 88.1 Å². The number of carbonyl (C=O) groups is 1. The fourth-order valence-corrected chi connectivity index (χ4v) is 3.31. The first-order valence-corrected chi connectivity index (χ1v) is 8.98. The van der Waals surface area contributed by atoms with E-state index in [0.29, 0.717) is 18.8 Å². The van der Waals surface area contributed by atoms with E-state index in [2.05, 4.69) is 21.5 Å². The minimum absolute atomic E-state index is 0.141. The van der Waals surface area contributed by atoms with E-state index in [0.717, 1.165) is 22.4 Å². The molecule has 0 fully saturated rings. The van der Waals surface area contributed by atoms with Gasteiger partial charge in [-0.15, -0.1) is 0 Å². The lowest BCUT2D eigenvalue weighted by molar-refractivity contribution is -0.385. The number of fused-ring (bicyclic) bond motifs is 1. The zero-order valence-electron chi connectivity index (χ0n) is 15.5. The molecule has 0 atom stereocenters. The summed E-state index contributed by atoms with van der Waals surface area (Å²) in [6, 6.07) is 8.43. The molecule has 144 valence electrons. The molecule has 3 aromatic rings. The van der Waals surface area contributed by atoms with Crippen molar-refractivity contribution in [1.29, 1.82) is 0 Å². The normalized spacial score (nSPS) is 12.5. The summed E-state index contributed by atoms with van der Waals surface area (Å²) in [7, 11) is 0. The quantitative estimate of drug-likeness (QED) is 0.492. The second-order valence-electron chi connectivity index (χ2n) is 6.67. The first kappa shape index (κ1) is 18.4. The van der Waals surface area contributed by atoms with Gasteiger partial charge in [0.1, 0.15) is 5.69 Å². The summed E-state index contributed by atoms with van der Waals surface area (Å²) in [5, 5.41) is 11.4. The summed E-state index contributed by atoms with van der Waals surface area (Å²) < 4.78 is 0. The molecule has 8 nitrogen and oxygen atoms in total. The van der Waals surface area contributed by atoms with Crippen LogP contribution >= 0.6 is 0 Å². The highest BCUT2D eigenvalue weighted by atomic mass is 16.6. The van der Waals surface area contributed by atoms with Crippen molar-refractivity contribution in [2.45, 2.75) is 19.5 Å². The van der Waals surface area contributed by atoms with Gasteiger partial charge < -0.3 is 4.90 Å². The molecule has 29 heavy (non-hydrogen) atoms. The molecule has 0 unspecified atom stereocenters. The predicted molar refractivity (Wildman–Crippen MR) is 106 cm³/mol. The highest BCUT2D eigenvalue weighted by molar-refractivity contribution is 5.80. The smallest absolute Gasteiger partial charge is 0.291 e. The van der Waals surface area contributed by atoms with Crippen molar-refractivity contribution in [1.82, 2.24) is 19.9 Å². The average Bonchev–Trinajstić information content (AvgIpc) is 3.17. The van der Waals surface area contributed by atoms with Gasteiger partial charge in [0.05, 0.1) is 22.7 Å². The number of pyridine rings is 3. The van der Waals surface area contributed by atoms with Crippen LogP contribution in [0.25, 0.3) is 17.3 Å². The Morgan fingerprint density at radius 2 is 2.07 bits per heavy atom. The van der Waals surface area contributed by atoms with E-state index in [1.807, 2.05) is 12.1 Å². The topological polar surface area (TPSA) is 102 Å². The molecule has 0 spiro atoms. The third kappa shape index (κ3) is 3.73. The minimum Gasteiger partial charge on any atom is -0.334 e. The van der Waals surface area contributed by atoms with E-state index >= 15 is 0 Å². The monoisotopic (exact) mass is 387 g/mol. The predicted octanol–water partition coefficient (Wildman–Crippen LogP) is 3.17. The van der Waals surface area contributed by atoms with Gasteiger partial charge >= 0.3 is 0 Å². The number of rotatable bonds is 5. The lowest BCUT2D eigenvalue weighted by Crippen LogP contribution is -2.27. The average molecular weight is 387 g/mol. The number of hydrogen-bond donors (Lipinski definition) is 0. The molecule has 4 rings (SSSR count). The van der Waals surface area contributed by atoms with Crippen LogP contribution in [-0.4, -0.2) is 30.7 Å². The van der Waals surface area contributed by atoms with E-state index in [1.165, 1.54) is 6.07 Å². The van der Waals surface area contributed by atoms with Gasteiger partial charge in [-0.2, -0.15) is 0 Å². The molecule has 0 aliphatic carbocycles. The molecule has 1 aliphatic heterocycles. The third-order valence-corrected chi connectivity index (χ3v) is 4.81. The van der Waals surface area contributed by atoms with E-state index in [-0.39, 0.29) is 23.7 Å². The number of carbonyl (C=O) groups excluding carboxylic acids is 1. The molecule has 4 heterocycles. The van der Waals surface area contributed by atoms with Crippen LogP contribution in [0.15, 0.2) is 55.5 Å². The van der Waals surface area contributed by atoms with E-state index < -0.39 is 4.92 Å². The summed E-state index contributed by atoms with van der Waals surface area (Å²) in [6.45, 7) is 4.57. The Balaban J connectivity index is 1.59. The first-order valence-electron chi connectivity index (χ1n) is 8.98. The zero-order chi connectivity index (χ0) is 20.4. The summed E-state index contributed by atoms with van der Waals surface area (Å²) in [5.74, 6) is -0.222. The van der Waals surface area contributed by atoms with Crippen molar-refractivity contribution < 1.29 is 9.72 Å². The Bertz CT molecular complexity index is 1110. The Labute approximate surface area is 166 Å². The Kier molecular flexibility index (Phi) is 4.82. The number of aromatic nitrogens is 3. The molecule has 0 saturated carbocycles. The van der Waals surface area contributed by atoms with Crippen LogP contribution in [-0.2, 0) is 24.3 Å². The van der Waals surface area contributed by atoms with Crippen LogP contribution < -0.4 is 0 Å². The van der Waals surface area contributed by atoms with Gasteiger partial charge in [0.25, 0.3) is 5.69 Å². The molecule has 1 aliphatic rings. The number of hydrogen-bond acceptors (Lipinski definition) is 6. The largest absolute Gasteiger partial charge is 0.334 e. The standard InChI is InChI=1S/C21H17N5O3/c1-2-17-8-15-12-25(13-16(15)11-23-17)21(27)9-19-20(26(28)29)6-5-18(24-19)14-4-3-7-22-10-14/h2-8,10-11H,1,9,12-13H2. The van der Waals surface area contributed by atoms with Gasteiger partial charge in [-0.3, -0.25) is 24.9 Å². The molecular formula is C21H17N5O3. The van der Waals surface area contributed by atoms with E-state index in [9.17, 15) is 14.9 Å². The highest BCUT2D eigenvalue weighted by Crippen LogP contribution is 2.26. The number of nitrogens with zero attached hydrogens (tertiary/aromatic N) is 5. The molecule has 8 heteroatoms. The van der Waals surface area contributed by atoms with Gasteiger partial charge in [0.15, 0.2) is 0 Å². The Morgan fingerprint density at radius 1 is 1.24 bits per heavy atom. The SMILES string of the molecule is C=Cc1cc2c(cn1)CN(C(=O)Cc1nc(-c3cccnc3)ccc1[N+](=O)[O-])C2. The Morgan fingerprint density at radius 3 is 2.79 bits per heavy atom. The number of amides is 1. The highest BCUT2D eigenvalue weighted by Gasteiger charge is 2.27. The summed E-state index contributed by atoms with van der Waals surface area (Å²) in [4.78, 5) is 38.2. The van der Waals surface area contributed by atoms with Crippen LogP contribution in [0, 0.1) is 10.1 Å². The van der Waals surface area contributed by atoms with Crippen LogP contribution in [0.1, 0.15) is 22.5 Å². The maximum atomic E-state index is 12.9. The third-order valence-electron chi connectivity index (χ3n) is 4.81. The van der Waals surface area contributed by atoms with E-state index in [1.54, 1.807) is 41.7 Å². The first-order chi connectivity index (χ1) is 14.0. The summed E-state index contributed by atoms with van der Waals surface area (Å²) >= 11 is 0. The van der Waals surface area contributed by atoms with Crippen molar-refractivity contribution in [3.63, 3.8) is 0 Å². The Hall–Kier alpha value is -3.94. The molecule has 3 aromatic heterocycles. The van der Waals surface area contributed by atoms with E-state index in [4.69, 9.17) is 0 Å². The van der Waals surface area contributed by atoms with Gasteiger partial charge in [0.2, 0.25) is 5.91 Å². The van der Waals surface area contributed by atoms with Gasteiger partial charge in [0, 0.05) is 43.3 Å². The molecule has 0 saturated heterocycles. The summed E-state index contributed by atoms with van der Waals surface area (Å²) in [5.41, 5.74) is 3.97. The minimum atomic E-state index is -0.512.